The van der Waals surface area contributed by atoms with Crippen molar-refractivity contribution in [2.45, 2.75) is 78.7 Å². The molecule has 0 radical (unpaired) electrons. The van der Waals surface area contributed by atoms with Crippen LogP contribution in [0.5, 0.6) is 0 Å². The van der Waals surface area contributed by atoms with Crippen LogP contribution in [-0.2, 0) is 13.6 Å². The van der Waals surface area contributed by atoms with Crippen LogP contribution in [0, 0.1) is 11.8 Å². The fourth-order valence-electron chi connectivity index (χ4n) is 4.73. The summed E-state index contributed by atoms with van der Waals surface area (Å²) in [5.74, 6) is 2.02. The average Bonchev–Trinajstić information content (AvgIpc) is 3.05. The summed E-state index contributed by atoms with van der Waals surface area (Å²) in [4.78, 5) is 34.3. The molecule has 0 saturated carbocycles. The molecule has 1 aliphatic heterocycles. The van der Waals surface area contributed by atoms with Gasteiger partial charge in [-0.2, -0.15) is 4.98 Å². The molecule has 0 bridgehead atoms. The van der Waals surface area contributed by atoms with Gasteiger partial charge in [-0.3, -0.25) is 14.3 Å². The van der Waals surface area contributed by atoms with Gasteiger partial charge in [0.2, 0.25) is 5.95 Å². The fourth-order valence-corrected chi connectivity index (χ4v) is 4.73. The molecule has 3 heterocycles. The van der Waals surface area contributed by atoms with Crippen molar-refractivity contribution in [2.75, 3.05) is 18.0 Å². The van der Waals surface area contributed by atoms with E-state index in [0.717, 1.165) is 38.4 Å². The highest BCUT2D eigenvalue weighted by Crippen LogP contribution is 2.28. The molecule has 0 amide bonds. The lowest BCUT2D eigenvalue weighted by atomic mass is 9.92. The first kappa shape index (κ1) is 21.7. The normalized spacial score (nSPS) is 19.9. The summed E-state index contributed by atoms with van der Waals surface area (Å²) in [6.45, 7) is 9.43. The molecule has 2 aromatic heterocycles. The topological polar surface area (TPSA) is 75.9 Å². The van der Waals surface area contributed by atoms with E-state index in [1.165, 1.54) is 43.1 Å². The predicted molar refractivity (Wildman–Crippen MR) is 119 cm³/mol. The van der Waals surface area contributed by atoms with E-state index in [9.17, 15) is 9.59 Å². The van der Waals surface area contributed by atoms with E-state index >= 15 is 0 Å². The fraction of sp³-hybridized carbons (Fsp3) is 0.773. The van der Waals surface area contributed by atoms with E-state index < -0.39 is 5.69 Å². The van der Waals surface area contributed by atoms with Gasteiger partial charge in [0.25, 0.3) is 5.56 Å². The van der Waals surface area contributed by atoms with Gasteiger partial charge in [-0.25, -0.2) is 4.79 Å². The van der Waals surface area contributed by atoms with Gasteiger partial charge in [0, 0.05) is 26.7 Å². The molecule has 2 atom stereocenters. The molecule has 1 saturated heterocycles. The molecule has 7 nitrogen and oxygen atoms in total. The van der Waals surface area contributed by atoms with Crippen molar-refractivity contribution in [2.24, 2.45) is 18.9 Å². The highest BCUT2D eigenvalue weighted by Gasteiger charge is 2.27. The Morgan fingerprint density at radius 2 is 1.62 bits per heavy atom. The Morgan fingerprint density at radius 3 is 2.28 bits per heavy atom. The van der Waals surface area contributed by atoms with Gasteiger partial charge in [0.05, 0.1) is 0 Å². The number of nitrogens with one attached hydrogen (secondary N) is 1. The highest BCUT2D eigenvalue weighted by molar-refractivity contribution is 5.74. The highest BCUT2D eigenvalue weighted by atomic mass is 16.2. The van der Waals surface area contributed by atoms with E-state index in [1.807, 2.05) is 0 Å². The number of aromatic nitrogens is 4. The van der Waals surface area contributed by atoms with Crippen molar-refractivity contribution < 1.29 is 0 Å². The molecule has 3 rings (SSSR count). The molecule has 7 heteroatoms. The Balaban J connectivity index is 1.87. The van der Waals surface area contributed by atoms with E-state index in [2.05, 4.69) is 35.2 Å². The molecule has 29 heavy (non-hydrogen) atoms. The summed E-state index contributed by atoms with van der Waals surface area (Å²) in [6, 6.07) is 0. The van der Waals surface area contributed by atoms with E-state index in [4.69, 9.17) is 4.98 Å². The van der Waals surface area contributed by atoms with Gasteiger partial charge in [0.15, 0.2) is 11.2 Å². The standard InChI is InChI=1S/C22H37N5O2/c1-5-6-7-8-9-10-11-12-27-18-19(25(4)22(29)24-20(18)28)23-21(27)26-14-16(2)13-17(3)15-26/h16-17H,5-15H2,1-4H3,(H,24,28,29)/t16-,17-/m0/s1. The lowest BCUT2D eigenvalue weighted by Gasteiger charge is -2.35. The zero-order chi connectivity index (χ0) is 21.0. The molecular formula is C22H37N5O2. The molecular weight excluding hydrogens is 366 g/mol. The van der Waals surface area contributed by atoms with Crippen molar-refractivity contribution in [1.29, 1.82) is 0 Å². The first-order valence-electron chi connectivity index (χ1n) is 11.4. The average molecular weight is 404 g/mol. The molecule has 1 N–H and O–H groups in total. The smallest absolute Gasteiger partial charge is 0.329 e. The van der Waals surface area contributed by atoms with Crippen molar-refractivity contribution in [3.05, 3.63) is 20.8 Å². The van der Waals surface area contributed by atoms with Crippen LogP contribution in [-0.4, -0.2) is 32.2 Å². The number of fused-ring (bicyclic) bond motifs is 1. The van der Waals surface area contributed by atoms with Crippen LogP contribution in [0.15, 0.2) is 9.59 Å². The maximum absolute atomic E-state index is 12.7. The van der Waals surface area contributed by atoms with Crippen molar-refractivity contribution >= 4 is 17.1 Å². The third-order valence-electron chi connectivity index (χ3n) is 6.12. The van der Waals surface area contributed by atoms with Gasteiger partial charge >= 0.3 is 5.69 Å². The van der Waals surface area contributed by atoms with Crippen molar-refractivity contribution in [3.63, 3.8) is 0 Å². The summed E-state index contributed by atoms with van der Waals surface area (Å²) in [6.07, 6.45) is 9.78. The lowest BCUT2D eigenvalue weighted by molar-refractivity contribution is 0.351. The summed E-state index contributed by atoms with van der Waals surface area (Å²) in [5, 5.41) is 0. The number of unbranched alkanes of at least 4 members (excludes halogenated alkanes) is 6. The van der Waals surface area contributed by atoms with Crippen LogP contribution in [0.2, 0.25) is 0 Å². The molecule has 1 aliphatic rings. The Bertz CT molecular complexity index is 916. The van der Waals surface area contributed by atoms with Crippen LogP contribution < -0.4 is 16.1 Å². The second-order valence-corrected chi connectivity index (χ2v) is 9.03. The van der Waals surface area contributed by atoms with Gasteiger partial charge in [0.1, 0.15) is 0 Å². The van der Waals surface area contributed by atoms with Gasteiger partial charge < -0.3 is 9.47 Å². The molecule has 162 valence electrons. The molecule has 1 fully saturated rings. The van der Waals surface area contributed by atoms with Crippen LogP contribution in [0.4, 0.5) is 5.95 Å². The minimum Gasteiger partial charge on any atom is -0.342 e. The van der Waals surface area contributed by atoms with Gasteiger partial charge in [-0.05, 0) is 24.7 Å². The van der Waals surface area contributed by atoms with Crippen LogP contribution >= 0.6 is 0 Å². The molecule has 0 aliphatic carbocycles. The predicted octanol–water partition coefficient (Wildman–Crippen LogP) is 3.66. The maximum atomic E-state index is 12.7. The number of imidazole rings is 1. The second-order valence-electron chi connectivity index (χ2n) is 9.03. The summed E-state index contributed by atoms with van der Waals surface area (Å²) in [5.41, 5.74) is 0.277. The Kier molecular flexibility index (Phi) is 7.19. The van der Waals surface area contributed by atoms with E-state index in [0.29, 0.717) is 23.0 Å². The number of rotatable bonds is 9. The number of hydrogen-bond acceptors (Lipinski definition) is 4. The monoisotopic (exact) mass is 403 g/mol. The number of aromatic amines is 1. The number of nitrogens with zero attached hydrogens (tertiary/aromatic N) is 4. The summed E-state index contributed by atoms with van der Waals surface area (Å²) >= 11 is 0. The molecule has 0 spiro atoms. The Labute approximate surface area is 173 Å². The first-order valence-corrected chi connectivity index (χ1v) is 11.4. The third kappa shape index (κ3) is 4.93. The third-order valence-corrected chi connectivity index (χ3v) is 6.12. The quantitative estimate of drug-likeness (QED) is 0.648. The number of anilines is 1. The summed E-state index contributed by atoms with van der Waals surface area (Å²) in [7, 11) is 1.68. The zero-order valence-electron chi connectivity index (χ0n) is 18.5. The van der Waals surface area contributed by atoms with Crippen molar-refractivity contribution in [3.8, 4) is 0 Å². The molecule has 0 unspecified atom stereocenters. The maximum Gasteiger partial charge on any atom is 0.329 e. The number of H-pyrrole nitrogens is 1. The van der Waals surface area contributed by atoms with E-state index in [-0.39, 0.29) is 5.56 Å². The number of hydrogen-bond donors (Lipinski definition) is 1. The number of piperidine rings is 1. The Hall–Kier alpha value is -2.05. The molecule has 0 aromatic carbocycles. The lowest BCUT2D eigenvalue weighted by Crippen LogP contribution is -2.40. The minimum absolute atomic E-state index is 0.331. The first-order chi connectivity index (χ1) is 13.9. The van der Waals surface area contributed by atoms with Crippen LogP contribution in [0.3, 0.4) is 0 Å². The molecule has 2 aromatic rings. The zero-order valence-corrected chi connectivity index (χ0v) is 18.5. The van der Waals surface area contributed by atoms with E-state index in [1.54, 1.807) is 7.05 Å². The Morgan fingerprint density at radius 1 is 1.00 bits per heavy atom. The summed E-state index contributed by atoms with van der Waals surface area (Å²) < 4.78 is 3.52. The second kappa shape index (κ2) is 9.63. The number of aryl methyl sites for hydroxylation is 2. The van der Waals surface area contributed by atoms with Crippen molar-refractivity contribution in [1.82, 2.24) is 19.1 Å². The minimum atomic E-state index is -0.407. The van der Waals surface area contributed by atoms with Gasteiger partial charge in [-0.1, -0.05) is 59.3 Å². The van der Waals surface area contributed by atoms with Gasteiger partial charge in [-0.15, -0.1) is 0 Å². The van der Waals surface area contributed by atoms with Crippen LogP contribution in [0.1, 0.15) is 72.1 Å². The van der Waals surface area contributed by atoms with Crippen LogP contribution in [0.25, 0.3) is 11.2 Å². The largest absolute Gasteiger partial charge is 0.342 e. The SMILES string of the molecule is CCCCCCCCCn1c(N2C[C@@H](C)C[C@H](C)C2)nc2c1c(=O)[nH]c(=O)n2C.